The number of carbonyl (C=O) groups excluding carboxylic acids is 1. The topological polar surface area (TPSA) is 93.1 Å². The van der Waals surface area contributed by atoms with Gasteiger partial charge in [-0.2, -0.15) is 0 Å². The summed E-state index contributed by atoms with van der Waals surface area (Å²) in [5, 5.41) is 21.3. The van der Waals surface area contributed by atoms with Crippen LogP contribution in [0.25, 0.3) is 0 Å². The molecule has 7 heteroatoms. The number of rotatable bonds is 7. The van der Waals surface area contributed by atoms with Gasteiger partial charge in [0.15, 0.2) is 0 Å². The number of nitrogens with one attached hydrogen (secondary N) is 1. The number of hydrogen-bond acceptors (Lipinski definition) is 4. The van der Waals surface area contributed by atoms with Crippen molar-refractivity contribution in [1.29, 1.82) is 0 Å². The molecule has 0 aromatic rings. The third-order valence-electron chi connectivity index (χ3n) is 3.92. The van der Waals surface area contributed by atoms with E-state index in [1.165, 1.54) is 4.90 Å². The van der Waals surface area contributed by atoms with Crippen LogP contribution < -0.4 is 5.32 Å². The van der Waals surface area contributed by atoms with E-state index in [4.69, 9.17) is 5.11 Å². The molecule has 21 heavy (non-hydrogen) atoms. The summed E-state index contributed by atoms with van der Waals surface area (Å²) in [6.07, 6.45) is 1.16. The molecule has 0 aromatic carbocycles. The lowest BCUT2D eigenvalue weighted by Gasteiger charge is -2.22. The number of unbranched alkanes of at least 4 members (excludes halogenated alkanes) is 1. The molecule has 0 bridgehead atoms. The zero-order valence-electron chi connectivity index (χ0n) is 13.1. The average Bonchev–Trinajstić information content (AvgIpc) is 2.80. The van der Waals surface area contributed by atoms with Crippen LogP contribution in [-0.4, -0.2) is 76.9 Å². The minimum Gasteiger partial charge on any atom is -0.480 e. The summed E-state index contributed by atoms with van der Waals surface area (Å²) >= 11 is 0. The van der Waals surface area contributed by atoms with Crippen LogP contribution in [0.2, 0.25) is 0 Å². The third kappa shape index (κ3) is 5.51. The molecule has 2 amide bonds. The number of nitrogens with zero attached hydrogens (tertiary/aromatic N) is 2. The van der Waals surface area contributed by atoms with Gasteiger partial charge in [-0.3, -0.25) is 0 Å². The van der Waals surface area contributed by atoms with E-state index in [9.17, 15) is 14.7 Å². The van der Waals surface area contributed by atoms with Crippen molar-refractivity contribution in [3.63, 3.8) is 0 Å². The highest BCUT2D eigenvalue weighted by Crippen LogP contribution is 2.18. The Morgan fingerprint density at radius 3 is 2.62 bits per heavy atom. The van der Waals surface area contributed by atoms with E-state index in [0.717, 1.165) is 19.4 Å². The van der Waals surface area contributed by atoms with E-state index in [0.29, 0.717) is 12.6 Å². The van der Waals surface area contributed by atoms with Gasteiger partial charge in [-0.1, -0.05) is 0 Å². The van der Waals surface area contributed by atoms with Crippen molar-refractivity contribution in [3.8, 4) is 0 Å². The Balaban J connectivity index is 2.26. The molecule has 1 heterocycles. The van der Waals surface area contributed by atoms with E-state index in [-0.39, 0.29) is 13.0 Å². The van der Waals surface area contributed by atoms with E-state index in [2.05, 4.69) is 31.1 Å². The summed E-state index contributed by atoms with van der Waals surface area (Å²) in [5.74, 6) is -1.07. The predicted octanol–water partition coefficient (Wildman–Crippen LogP) is 0.336. The fourth-order valence-corrected chi connectivity index (χ4v) is 2.31. The number of amides is 2. The normalized spacial score (nSPS) is 22.1. The van der Waals surface area contributed by atoms with Gasteiger partial charge in [0, 0.05) is 25.6 Å². The molecule has 1 rings (SSSR count). The molecule has 7 nitrogen and oxygen atoms in total. The van der Waals surface area contributed by atoms with Gasteiger partial charge >= 0.3 is 12.0 Å². The lowest BCUT2D eigenvalue weighted by atomic mass is 10.2. The van der Waals surface area contributed by atoms with E-state index < -0.39 is 24.1 Å². The van der Waals surface area contributed by atoms with Crippen molar-refractivity contribution in [2.24, 2.45) is 0 Å². The largest absolute Gasteiger partial charge is 0.480 e. The van der Waals surface area contributed by atoms with Crippen molar-refractivity contribution in [3.05, 3.63) is 0 Å². The maximum absolute atomic E-state index is 11.9. The maximum Gasteiger partial charge on any atom is 0.326 e. The molecule has 0 radical (unpaired) electrons. The molecule has 1 fully saturated rings. The van der Waals surface area contributed by atoms with Crippen LogP contribution in [0.4, 0.5) is 4.79 Å². The lowest BCUT2D eigenvalue weighted by Crippen LogP contribution is -2.46. The van der Waals surface area contributed by atoms with Gasteiger partial charge in [-0.25, -0.2) is 9.59 Å². The first-order chi connectivity index (χ1) is 9.82. The van der Waals surface area contributed by atoms with Crippen LogP contribution in [0.3, 0.4) is 0 Å². The van der Waals surface area contributed by atoms with Crippen LogP contribution in [0.5, 0.6) is 0 Å². The van der Waals surface area contributed by atoms with Crippen LogP contribution in [0, 0.1) is 0 Å². The Kier molecular flexibility index (Phi) is 6.91. The number of carbonyl (C=O) groups is 2. The van der Waals surface area contributed by atoms with Gasteiger partial charge in [0.1, 0.15) is 6.04 Å². The second-order valence-corrected chi connectivity index (χ2v) is 5.91. The van der Waals surface area contributed by atoms with Gasteiger partial charge < -0.3 is 25.3 Å². The molecule has 2 atom stereocenters. The number of hydrogen-bond donors (Lipinski definition) is 3. The molecule has 1 saturated heterocycles. The highest BCUT2D eigenvalue weighted by Gasteiger charge is 2.38. The van der Waals surface area contributed by atoms with E-state index in [1.807, 2.05) is 0 Å². The van der Waals surface area contributed by atoms with Gasteiger partial charge in [-0.15, -0.1) is 0 Å². The zero-order valence-corrected chi connectivity index (χ0v) is 13.1. The quantitative estimate of drug-likeness (QED) is 0.590. The van der Waals surface area contributed by atoms with Gasteiger partial charge in [0.25, 0.3) is 0 Å². The van der Waals surface area contributed by atoms with Crippen molar-refractivity contribution in [2.75, 3.05) is 26.7 Å². The Bertz CT molecular complexity index is 362. The molecule has 1 unspecified atom stereocenters. The molecule has 122 valence electrons. The first-order valence-corrected chi connectivity index (χ1v) is 7.48. The van der Waals surface area contributed by atoms with Crippen LogP contribution in [0.1, 0.15) is 33.1 Å². The molecular formula is C14H27N3O4. The lowest BCUT2D eigenvalue weighted by molar-refractivity contribution is -0.141. The van der Waals surface area contributed by atoms with E-state index >= 15 is 0 Å². The Hall–Kier alpha value is -1.34. The average molecular weight is 301 g/mol. The smallest absolute Gasteiger partial charge is 0.326 e. The Morgan fingerprint density at radius 1 is 1.38 bits per heavy atom. The molecule has 3 N–H and O–H groups in total. The number of β-amino-alcohol motifs (C(OH)–C–C–N with tert-alkyl or cyclic N) is 1. The van der Waals surface area contributed by atoms with Gasteiger partial charge in [0.2, 0.25) is 0 Å². The van der Waals surface area contributed by atoms with Crippen molar-refractivity contribution >= 4 is 12.0 Å². The predicted molar refractivity (Wildman–Crippen MR) is 79.2 cm³/mol. The summed E-state index contributed by atoms with van der Waals surface area (Å²) in [4.78, 5) is 26.4. The number of aliphatic hydroxyl groups is 1. The van der Waals surface area contributed by atoms with E-state index in [1.54, 1.807) is 0 Å². The van der Waals surface area contributed by atoms with Crippen LogP contribution >= 0.6 is 0 Å². The molecule has 1 aliphatic rings. The molecule has 0 spiro atoms. The molecule has 0 aliphatic carbocycles. The SMILES string of the molecule is CC(C)N(C)CCCCNC(=O)N1CC(O)C[C@H]1C(=O)O. The Morgan fingerprint density at radius 2 is 2.05 bits per heavy atom. The fraction of sp³-hybridized carbons (Fsp3) is 0.857. The summed E-state index contributed by atoms with van der Waals surface area (Å²) in [7, 11) is 2.06. The number of carboxylic acids is 1. The third-order valence-corrected chi connectivity index (χ3v) is 3.92. The minimum atomic E-state index is -1.07. The van der Waals surface area contributed by atoms with Crippen molar-refractivity contribution in [1.82, 2.24) is 15.1 Å². The maximum atomic E-state index is 11.9. The van der Waals surface area contributed by atoms with Crippen LogP contribution in [0.15, 0.2) is 0 Å². The number of urea groups is 1. The fourth-order valence-electron chi connectivity index (χ4n) is 2.31. The number of carboxylic acid groups (broad SMARTS) is 1. The monoisotopic (exact) mass is 301 g/mol. The number of aliphatic hydroxyl groups excluding tert-OH is 1. The first-order valence-electron chi connectivity index (χ1n) is 7.48. The Labute approximate surface area is 125 Å². The number of likely N-dealkylation sites (tertiary alicyclic amines) is 1. The minimum absolute atomic E-state index is 0.0822. The highest BCUT2D eigenvalue weighted by molar-refractivity contribution is 5.83. The molecule has 0 saturated carbocycles. The standard InChI is InChI=1S/C14H27N3O4/c1-10(2)16(3)7-5-4-6-15-14(21)17-9-11(18)8-12(17)13(19)20/h10-12,18H,4-9H2,1-3H3,(H,15,21)(H,19,20)/t11?,12-/m0/s1. The van der Waals surface area contributed by atoms with Gasteiger partial charge in [-0.05, 0) is 40.3 Å². The zero-order chi connectivity index (χ0) is 16.0. The summed E-state index contributed by atoms with van der Waals surface area (Å²) < 4.78 is 0. The number of aliphatic carboxylic acids is 1. The molecule has 1 aliphatic heterocycles. The van der Waals surface area contributed by atoms with Gasteiger partial charge in [0.05, 0.1) is 6.10 Å². The summed E-state index contributed by atoms with van der Waals surface area (Å²) in [6.45, 7) is 5.83. The van der Waals surface area contributed by atoms with Crippen molar-refractivity contribution < 1.29 is 19.8 Å². The van der Waals surface area contributed by atoms with Crippen molar-refractivity contribution in [2.45, 2.75) is 51.3 Å². The second kappa shape index (κ2) is 8.19. The second-order valence-electron chi connectivity index (χ2n) is 5.91. The summed E-state index contributed by atoms with van der Waals surface area (Å²) in [6, 6.07) is -0.828. The van der Waals surface area contributed by atoms with Crippen LogP contribution in [-0.2, 0) is 4.79 Å². The first kappa shape index (κ1) is 17.7. The summed E-state index contributed by atoms with van der Waals surface area (Å²) in [5.41, 5.74) is 0. The molecule has 0 aromatic heterocycles. The molecular weight excluding hydrogens is 274 g/mol. The highest BCUT2D eigenvalue weighted by atomic mass is 16.4.